The minimum atomic E-state index is 0.916. The zero-order valence-electron chi connectivity index (χ0n) is 68.2. The SMILES string of the molecule is c1cc(-c2ccc3ccc4ccccc4c3n2)cc(-c2ccc3ccc4ccccc4c3n2)c1.c1ccc(-c2ccnc3c2ccc2c(-c4ccccc4)ccnc23)cc1.c1ccc2c(c1)ccc1ccc(-c3cc(-c4ccc5ccc6ccccc6c5n4)cc(-c4ccc5ccc6ccccc6c5n4)c3)nc12.c1ccc2nc3c(ccc4cccnc43)cc2c1. The van der Waals surface area contributed by atoms with Crippen molar-refractivity contribution in [3.8, 4) is 78.5 Å². The second kappa shape index (κ2) is 31.9. The molecule has 9 aromatic heterocycles. The summed E-state index contributed by atoms with van der Waals surface area (Å²) in [5, 5.41) is 23.2. The highest BCUT2D eigenvalue weighted by atomic mass is 14.8. The highest BCUT2D eigenvalue weighted by Gasteiger charge is 2.18. The van der Waals surface area contributed by atoms with Gasteiger partial charge in [0.1, 0.15) is 0 Å². The lowest BCUT2D eigenvalue weighted by Gasteiger charge is -2.13. The summed E-state index contributed by atoms with van der Waals surface area (Å²) in [7, 11) is 0. The maximum atomic E-state index is 5.28. The summed E-state index contributed by atoms with van der Waals surface area (Å²) in [5.74, 6) is 0. The first kappa shape index (κ1) is 74.1. The smallest absolute Gasteiger partial charge is 0.0972 e. The fourth-order valence-corrected chi connectivity index (χ4v) is 17.9. The van der Waals surface area contributed by atoms with E-state index in [1.54, 1.807) is 0 Å². The van der Waals surface area contributed by atoms with Crippen molar-refractivity contribution in [2.75, 3.05) is 0 Å². The summed E-state index contributed by atoms with van der Waals surface area (Å²) in [6, 6.07) is 148. The van der Waals surface area contributed by atoms with Gasteiger partial charge in [0.15, 0.2) is 0 Å². The molecule has 17 aromatic carbocycles. The molecule has 26 rings (SSSR count). The Morgan fingerprint density at radius 1 is 0.127 bits per heavy atom. The van der Waals surface area contributed by atoms with Crippen molar-refractivity contribution in [2.24, 2.45) is 0 Å². The summed E-state index contributed by atoms with van der Waals surface area (Å²) in [5.41, 5.74) is 24.6. The predicted molar refractivity (Wildman–Crippen MR) is 527 cm³/mol. The average molecular weight is 1600 g/mol. The van der Waals surface area contributed by atoms with E-state index in [2.05, 4.69) is 403 Å². The van der Waals surface area contributed by atoms with Crippen molar-refractivity contribution in [1.82, 2.24) is 44.9 Å². The van der Waals surface area contributed by atoms with Crippen molar-refractivity contribution in [2.45, 2.75) is 0 Å². The number of hydrogen-bond acceptors (Lipinski definition) is 9. The molecule has 0 aliphatic rings. The van der Waals surface area contributed by atoms with E-state index in [0.717, 1.165) is 176 Å². The number of hydrogen-bond donors (Lipinski definition) is 0. The topological polar surface area (TPSA) is 116 Å². The number of nitrogens with zero attached hydrogens (tertiary/aromatic N) is 9. The van der Waals surface area contributed by atoms with Crippen LogP contribution < -0.4 is 0 Å². The standard InChI is InChI=1S/C45H27N3.C32H20N2.C24H16N2.C16H10N2/c1-4-10-37-28(7-1)13-16-31-19-22-40(46-43(31)37)34-25-35(41-23-20-32-17-14-29-8-2-5-11-38(29)44(32)47-41)27-36(26-34)42-24-21-33-18-15-30-9-3-6-12-39(30)45(33)48-42;1-3-10-27-21(6-1)12-14-23-16-18-29(33-31(23)27)25-8-5-9-26(20-25)30-19-17-24-15-13-22-7-2-4-11-28(22)32(24)34-30;1-3-7-17(8-4-1)19-13-15-25-23-21(19)11-12-22-20(14-16-26-24(22)23)18-9-5-2-6-10-18;1-2-6-14-12(4-1)10-13-8-7-11-5-3-9-17-15(11)16(13)18-14/h1-27H;1-20H;1-16H;1-10H. The van der Waals surface area contributed by atoms with Gasteiger partial charge in [-0.1, -0.05) is 340 Å². The Hall–Kier alpha value is -17.0. The zero-order chi connectivity index (χ0) is 83.4. The minimum absolute atomic E-state index is 0.916. The van der Waals surface area contributed by atoms with E-state index >= 15 is 0 Å². The first-order valence-electron chi connectivity index (χ1n) is 42.4. The van der Waals surface area contributed by atoms with Crippen molar-refractivity contribution in [3.63, 3.8) is 0 Å². The second-order valence-electron chi connectivity index (χ2n) is 31.9. The number of pyridine rings is 9. The third-order valence-corrected chi connectivity index (χ3v) is 24.2. The van der Waals surface area contributed by atoms with Crippen LogP contribution in [0.1, 0.15) is 0 Å². The quantitative estimate of drug-likeness (QED) is 0.114. The Labute approximate surface area is 724 Å². The fraction of sp³-hybridized carbons (Fsp3) is 0. The largest absolute Gasteiger partial charge is 0.254 e. The van der Waals surface area contributed by atoms with Crippen LogP contribution in [-0.4, -0.2) is 44.9 Å². The van der Waals surface area contributed by atoms with E-state index < -0.39 is 0 Å². The summed E-state index contributed by atoms with van der Waals surface area (Å²) in [6.45, 7) is 0. The third-order valence-electron chi connectivity index (χ3n) is 24.2. The van der Waals surface area contributed by atoms with Gasteiger partial charge in [-0.05, 0) is 134 Å². The Balaban J connectivity index is 0.000000102. The van der Waals surface area contributed by atoms with Crippen molar-refractivity contribution in [3.05, 3.63) is 443 Å². The molecule has 0 unspecified atom stereocenters. The first-order chi connectivity index (χ1) is 62.4. The monoisotopic (exact) mass is 1600 g/mol. The first-order valence-corrected chi connectivity index (χ1v) is 42.4. The van der Waals surface area contributed by atoms with Crippen LogP contribution in [0.3, 0.4) is 0 Å². The average Bonchev–Trinajstić information content (AvgIpc) is 0.747. The highest BCUT2D eigenvalue weighted by Crippen LogP contribution is 2.41. The Bertz CT molecular complexity index is 8260. The van der Waals surface area contributed by atoms with Gasteiger partial charge in [0.05, 0.1) is 83.6 Å². The lowest BCUT2D eigenvalue weighted by Crippen LogP contribution is -1.93. The summed E-state index contributed by atoms with van der Waals surface area (Å²) >= 11 is 0. The van der Waals surface area contributed by atoms with Gasteiger partial charge in [0.25, 0.3) is 0 Å². The molecule has 9 heterocycles. The highest BCUT2D eigenvalue weighted by molar-refractivity contribution is 6.14. The van der Waals surface area contributed by atoms with E-state index in [1.807, 2.05) is 55.0 Å². The van der Waals surface area contributed by atoms with Gasteiger partial charge < -0.3 is 0 Å². The molecule has 0 aliphatic carbocycles. The van der Waals surface area contributed by atoms with Gasteiger partial charge in [-0.15, -0.1) is 0 Å². The third kappa shape index (κ3) is 13.9. The summed E-state index contributed by atoms with van der Waals surface area (Å²) in [4.78, 5) is 44.5. The maximum Gasteiger partial charge on any atom is 0.0972 e. The Morgan fingerprint density at radius 3 is 0.786 bits per heavy atom. The van der Waals surface area contributed by atoms with Crippen LogP contribution in [0.5, 0.6) is 0 Å². The van der Waals surface area contributed by atoms with E-state index in [-0.39, 0.29) is 0 Å². The number of fused-ring (bicyclic) bond motifs is 22. The number of benzene rings is 17. The molecule has 0 aliphatic heterocycles. The molecule has 0 fully saturated rings. The van der Waals surface area contributed by atoms with Gasteiger partial charge in [0, 0.05) is 127 Å². The molecular formula is C117H73N9. The van der Waals surface area contributed by atoms with Crippen LogP contribution in [0.15, 0.2) is 443 Å². The van der Waals surface area contributed by atoms with Crippen LogP contribution in [0, 0.1) is 0 Å². The molecule has 0 radical (unpaired) electrons. The van der Waals surface area contributed by atoms with Gasteiger partial charge in [-0.2, -0.15) is 0 Å². The lowest BCUT2D eigenvalue weighted by molar-refractivity contribution is 1.37. The molecular weight excluding hydrogens is 1530 g/mol. The molecule has 26 aromatic rings. The molecule has 126 heavy (non-hydrogen) atoms. The molecule has 9 heteroatoms. The van der Waals surface area contributed by atoms with E-state index in [1.165, 1.54) is 65.3 Å². The van der Waals surface area contributed by atoms with Crippen LogP contribution >= 0.6 is 0 Å². The predicted octanol–water partition coefficient (Wildman–Crippen LogP) is 30.3. The van der Waals surface area contributed by atoms with Gasteiger partial charge in [-0.25, -0.2) is 29.9 Å². The van der Waals surface area contributed by atoms with Crippen molar-refractivity contribution < 1.29 is 0 Å². The number of para-hydroxylation sites is 1. The molecule has 0 atom stereocenters. The van der Waals surface area contributed by atoms with Gasteiger partial charge >= 0.3 is 0 Å². The molecule has 0 saturated carbocycles. The summed E-state index contributed by atoms with van der Waals surface area (Å²) < 4.78 is 0. The van der Waals surface area contributed by atoms with Crippen molar-refractivity contribution >= 4 is 163 Å². The van der Waals surface area contributed by atoms with Crippen LogP contribution in [-0.2, 0) is 0 Å². The van der Waals surface area contributed by atoms with Crippen LogP contribution in [0.4, 0.5) is 0 Å². The summed E-state index contributed by atoms with van der Waals surface area (Å²) in [6.07, 6.45) is 5.57. The van der Waals surface area contributed by atoms with Crippen LogP contribution in [0.25, 0.3) is 241 Å². The van der Waals surface area contributed by atoms with E-state index in [4.69, 9.17) is 29.9 Å². The van der Waals surface area contributed by atoms with Crippen LogP contribution in [0.2, 0.25) is 0 Å². The van der Waals surface area contributed by atoms with Gasteiger partial charge in [0.2, 0.25) is 0 Å². The number of rotatable bonds is 7. The lowest BCUT2D eigenvalue weighted by atomic mass is 9.97. The maximum absolute atomic E-state index is 5.28. The minimum Gasteiger partial charge on any atom is -0.254 e. The molecule has 0 spiro atoms. The number of aromatic nitrogens is 9. The van der Waals surface area contributed by atoms with E-state index in [0.29, 0.717) is 0 Å². The molecule has 0 bridgehead atoms. The van der Waals surface area contributed by atoms with E-state index in [9.17, 15) is 0 Å². The second-order valence-corrected chi connectivity index (χ2v) is 31.9. The molecule has 0 N–H and O–H groups in total. The Morgan fingerprint density at radius 2 is 0.405 bits per heavy atom. The molecule has 586 valence electrons. The van der Waals surface area contributed by atoms with Gasteiger partial charge in [-0.3, -0.25) is 15.0 Å². The molecule has 9 nitrogen and oxygen atoms in total. The molecule has 0 amide bonds. The zero-order valence-corrected chi connectivity index (χ0v) is 68.2. The molecule has 0 saturated heterocycles. The fourth-order valence-electron chi connectivity index (χ4n) is 17.9. The normalized spacial score (nSPS) is 11.5. The Kier molecular flexibility index (Phi) is 18.7. The van der Waals surface area contributed by atoms with Crippen molar-refractivity contribution in [1.29, 1.82) is 0 Å².